The van der Waals surface area contributed by atoms with Gasteiger partial charge in [-0.15, -0.1) is 0 Å². The van der Waals surface area contributed by atoms with E-state index in [2.05, 4.69) is 5.32 Å². The Morgan fingerprint density at radius 2 is 2.00 bits per heavy atom. The van der Waals surface area contributed by atoms with Crippen LogP contribution in [0.15, 0.2) is 18.2 Å². The van der Waals surface area contributed by atoms with Crippen LogP contribution in [-0.4, -0.2) is 19.3 Å². The zero-order valence-corrected chi connectivity index (χ0v) is 9.09. The number of hydrogen-bond acceptors (Lipinski definition) is 3. The minimum atomic E-state index is -0.265. The zero-order valence-electron chi connectivity index (χ0n) is 9.09. The number of para-hydroxylation sites is 1. The lowest BCUT2D eigenvalue weighted by molar-refractivity contribution is 0.353. The van der Waals surface area contributed by atoms with Gasteiger partial charge in [-0.3, -0.25) is 0 Å². The lowest BCUT2D eigenvalue weighted by Gasteiger charge is -2.26. The second-order valence-corrected chi connectivity index (χ2v) is 3.73. The van der Waals surface area contributed by atoms with E-state index in [4.69, 9.17) is 4.74 Å². The number of phenolic OH excluding ortho intramolecular Hbond substituents is 1. The Morgan fingerprint density at radius 1 is 1.36 bits per heavy atom. The van der Waals surface area contributed by atoms with E-state index >= 15 is 0 Å². The smallest absolute Gasteiger partial charge is 0.162 e. The predicted octanol–water partition coefficient (Wildman–Crippen LogP) is 1.86. The van der Waals surface area contributed by atoms with Crippen LogP contribution in [0.4, 0.5) is 0 Å². The summed E-state index contributed by atoms with van der Waals surface area (Å²) in [4.78, 5) is 0. The molecule has 0 spiro atoms. The number of benzene rings is 1. The molecule has 0 amide bonds. The van der Waals surface area contributed by atoms with Crippen LogP contribution in [0.25, 0.3) is 0 Å². The summed E-state index contributed by atoms with van der Waals surface area (Å²) in [5.41, 5.74) is 0.567. The average molecular weight is 195 g/mol. The maximum Gasteiger partial charge on any atom is 0.162 e. The molecule has 0 unspecified atom stereocenters. The van der Waals surface area contributed by atoms with Gasteiger partial charge in [0.2, 0.25) is 0 Å². The third-order valence-electron chi connectivity index (χ3n) is 2.52. The summed E-state index contributed by atoms with van der Waals surface area (Å²) in [5, 5.41) is 13.0. The molecule has 0 radical (unpaired) electrons. The van der Waals surface area contributed by atoms with E-state index in [1.54, 1.807) is 13.2 Å². The van der Waals surface area contributed by atoms with Gasteiger partial charge in [-0.2, -0.15) is 0 Å². The average Bonchev–Trinajstić information content (AvgIpc) is 2.18. The van der Waals surface area contributed by atoms with Crippen molar-refractivity contribution in [1.82, 2.24) is 5.32 Å². The van der Waals surface area contributed by atoms with E-state index in [1.165, 1.54) is 0 Å². The first-order chi connectivity index (χ1) is 6.53. The monoisotopic (exact) mass is 195 g/mol. The van der Waals surface area contributed by atoms with Crippen molar-refractivity contribution >= 4 is 0 Å². The third kappa shape index (κ3) is 1.82. The molecule has 2 N–H and O–H groups in total. The van der Waals surface area contributed by atoms with Gasteiger partial charge >= 0.3 is 0 Å². The Bertz CT molecular complexity index is 321. The summed E-state index contributed by atoms with van der Waals surface area (Å²) >= 11 is 0. The molecule has 0 saturated carbocycles. The Hall–Kier alpha value is -1.22. The highest BCUT2D eigenvalue weighted by Gasteiger charge is 2.23. The Morgan fingerprint density at radius 3 is 2.50 bits per heavy atom. The van der Waals surface area contributed by atoms with Crippen molar-refractivity contribution in [2.45, 2.75) is 19.4 Å². The van der Waals surface area contributed by atoms with Crippen molar-refractivity contribution < 1.29 is 9.84 Å². The fourth-order valence-corrected chi connectivity index (χ4v) is 1.33. The van der Waals surface area contributed by atoms with Crippen LogP contribution >= 0.6 is 0 Å². The van der Waals surface area contributed by atoms with Crippen LogP contribution < -0.4 is 10.1 Å². The van der Waals surface area contributed by atoms with Crippen LogP contribution in [0.3, 0.4) is 0 Å². The second kappa shape index (κ2) is 3.88. The van der Waals surface area contributed by atoms with Crippen molar-refractivity contribution in [2.24, 2.45) is 0 Å². The van der Waals surface area contributed by atoms with Crippen LogP contribution in [0, 0.1) is 0 Å². The van der Waals surface area contributed by atoms with Crippen molar-refractivity contribution in [3.05, 3.63) is 23.8 Å². The van der Waals surface area contributed by atoms with Gasteiger partial charge in [0.25, 0.3) is 0 Å². The molecule has 0 heterocycles. The number of phenols is 1. The fourth-order valence-electron chi connectivity index (χ4n) is 1.33. The first-order valence-electron chi connectivity index (χ1n) is 4.58. The van der Waals surface area contributed by atoms with E-state index in [-0.39, 0.29) is 11.3 Å². The molecule has 0 saturated heterocycles. The van der Waals surface area contributed by atoms with Gasteiger partial charge in [0.1, 0.15) is 0 Å². The molecular formula is C11H17NO2. The number of hydrogen-bond donors (Lipinski definition) is 2. The molecule has 3 nitrogen and oxygen atoms in total. The quantitative estimate of drug-likeness (QED) is 0.773. The molecule has 0 atom stereocenters. The number of rotatable bonds is 3. The van der Waals surface area contributed by atoms with E-state index in [9.17, 15) is 5.11 Å². The molecule has 3 heteroatoms. The van der Waals surface area contributed by atoms with E-state index < -0.39 is 0 Å². The van der Waals surface area contributed by atoms with Crippen molar-refractivity contribution in [3.8, 4) is 11.5 Å². The van der Waals surface area contributed by atoms with Gasteiger partial charge in [-0.05, 0) is 27.0 Å². The highest BCUT2D eigenvalue weighted by Crippen LogP contribution is 2.35. The molecule has 0 aliphatic carbocycles. The molecule has 1 aromatic rings. The predicted molar refractivity (Wildman–Crippen MR) is 56.7 cm³/mol. The van der Waals surface area contributed by atoms with Gasteiger partial charge in [-0.1, -0.05) is 12.1 Å². The largest absolute Gasteiger partial charge is 0.504 e. The standard InChI is InChI=1S/C11H17NO2/c1-11(2,12-3)8-6-5-7-9(14-4)10(8)13/h5-7,12-13H,1-4H3. The number of aromatic hydroxyl groups is 1. The molecule has 0 bridgehead atoms. The maximum atomic E-state index is 9.89. The third-order valence-corrected chi connectivity index (χ3v) is 2.52. The van der Waals surface area contributed by atoms with Crippen LogP contribution in [-0.2, 0) is 5.54 Å². The van der Waals surface area contributed by atoms with Crippen molar-refractivity contribution in [3.63, 3.8) is 0 Å². The van der Waals surface area contributed by atoms with Crippen LogP contribution in [0.2, 0.25) is 0 Å². The van der Waals surface area contributed by atoms with Gasteiger partial charge in [-0.25, -0.2) is 0 Å². The second-order valence-electron chi connectivity index (χ2n) is 3.73. The minimum absolute atomic E-state index is 0.203. The molecule has 0 aliphatic heterocycles. The first-order valence-corrected chi connectivity index (χ1v) is 4.58. The molecule has 1 aromatic carbocycles. The highest BCUT2D eigenvalue weighted by molar-refractivity contribution is 5.48. The summed E-state index contributed by atoms with van der Waals surface area (Å²) in [5.74, 6) is 0.708. The summed E-state index contributed by atoms with van der Waals surface area (Å²) in [6.07, 6.45) is 0. The van der Waals surface area contributed by atoms with E-state index in [0.717, 1.165) is 5.56 Å². The molecule has 78 valence electrons. The van der Waals surface area contributed by atoms with E-state index in [1.807, 2.05) is 33.0 Å². The molecule has 1 rings (SSSR count). The summed E-state index contributed by atoms with van der Waals surface area (Å²) < 4.78 is 5.05. The SMILES string of the molecule is CNC(C)(C)c1cccc(OC)c1O. The zero-order chi connectivity index (χ0) is 10.8. The molecule has 0 aromatic heterocycles. The van der Waals surface area contributed by atoms with Crippen molar-refractivity contribution in [2.75, 3.05) is 14.2 Å². The van der Waals surface area contributed by atoms with Gasteiger partial charge in [0, 0.05) is 11.1 Å². The Kier molecular flexibility index (Phi) is 3.01. The molecule has 0 aliphatic rings. The Labute approximate surface area is 84.7 Å². The fraction of sp³-hybridized carbons (Fsp3) is 0.455. The number of nitrogens with one attached hydrogen (secondary N) is 1. The molecule has 14 heavy (non-hydrogen) atoms. The van der Waals surface area contributed by atoms with Crippen molar-refractivity contribution in [1.29, 1.82) is 0 Å². The first kappa shape index (κ1) is 10.9. The van der Waals surface area contributed by atoms with E-state index in [0.29, 0.717) is 5.75 Å². The minimum Gasteiger partial charge on any atom is -0.504 e. The lowest BCUT2D eigenvalue weighted by Crippen LogP contribution is -2.33. The summed E-state index contributed by atoms with van der Waals surface area (Å²) in [7, 11) is 3.41. The van der Waals surface area contributed by atoms with Crippen LogP contribution in [0.1, 0.15) is 19.4 Å². The van der Waals surface area contributed by atoms with Gasteiger partial charge in [0.05, 0.1) is 7.11 Å². The number of methoxy groups -OCH3 is 1. The molecule has 0 fully saturated rings. The van der Waals surface area contributed by atoms with Gasteiger partial charge in [0.15, 0.2) is 11.5 Å². The lowest BCUT2D eigenvalue weighted by atomic mass is 9.93. The van der Waals surface area contributed by atoms with Crippen LogP contribution in [0.5, 0.6) is 11.5 Å². The van der Waals surface area contributed by atoms with Gasteiger partial charge < -0.3 is 15.2 Å². The molecular weight excluding hydrogens is 178 g/mol. The number of ether oxygens (including phenoxy) is 1. The normalized spacial score (nSPS) is 11.4. The Balaban J connectivity index is 3.22. The topological polar surface area (TPSA) is 41.5 Å². The maximum absolute atomic E-state index is 9.89. The highest BCUT2D eigenvalue weighted by atomic mass is 16.5. The summed E-state index contributed by atoms with van der Waals surface area (Å²) in [6, 6.07) is 5.49. The summed E-state index contributed by atoms with van der Waals surface area (Å²) in [6.45, 7) is 4.00.